The molecule has 1 aromatic rings. The fourth-order valence-corrected chi connectivity index (χ4v) is 3.50. The van der Waals surface area contributed by atoms with Gasteiger partial charge in [-0.05, 0) is 45.0 Å². The Bertz CT molecular complexity index is 471. The van der Waals surface area contributed by atoms with Crippen molar-refractivity contribution in [3.05, 3.63) is 17.9 Å². The molecule has 19 heavy (non-hydrogen) atoms. The lowest BCUT2D eigenvalue weighted by Crippen LogP contribution is -2.37. The molecule has 0 bridgehead atoms. The summed E-state index contributed by atoms with van der Waals surface area (Å²) in [6, 6.07) is 3.32. The second-order valence-electron chi connectivity index (χ2n) is 4.89. The Morgan fingerprint density at radius 3 is 2.95 bits per heavy atom. The Morgan fingerprint density at radius 2 is 2.32 bits per heavy atom. The monoisotopic (exact) mass is 285 g/mol. The van der Waals surface area contributed by atoms with Gasteiger partial charge in [-0.3, -0.25) is 4.21 Å². The van der Waals surface area contributed by atoms with Crippen LogP contribution in [0.2, 0.25) is 0 Å². The minimum absolute atomic E-state index is 0.155. The Hall–Kier alpha value is -1.14. The molecule has 0 aromatic carbocycles. The number of nitrogens with zero attached hydrogens (tertiary/aromatic N) is 1. The summed E-state index contributed by atoms with van der Waals surface area (Å²) in [5.74, 6) is -0.768. The molecule has 6 heteroatoms. The van der Waals surface area contributed by atoms with E-state index in [1.54, 1.807) is 0 Å². The number of carboxylic acid groups (broad SMARTS) is 1. The van der Waals surface area contributed by atoms with Gasteiger partial charge in [-0.15, -0.1) is 0 Å². The summed E-state index contributed by atoms with van der Waals surface area (Å²) in [6.07, 6.45) is 4.46. The molecule has 106 valence electrons. The molecule has 2 unspecified atom stereocenters. The van der Waals surface area contributed by atoms with E-state index in [-0.39, 0.29) is 10.9 Å². The summed E-state index contributed by atoms with van der Waals surface area (Å²) in [5, 5.41) is 9.01. The van der Waals surface area contributed by atoms with Crippen molar-refractivity contribution in [2.24, 2.45) is 0 Å². The maximum absolute atomic E-state index is 12.0. The van der Waals surface area contributed by atoms with Crippen LogP contribution in [0.1, 0.15) is 36.2 Å². The van der Waals surface area contributed by atoms with Crippen molar-refractivity contribution in [1.29, 1.82) is 0 Å². The first-order valence-electron chi connectivity index (χ1n) is 6.49. The van der Waals surface area contributed by atoms with Crippen LogP contribution in [-0.4, -0.2) is 45.6 Å². The maximum Gasteiger partial charge on any atom is 0.371 e. The van der Waals surface area contributed by atoms with E-state index in [4.69, 9.17) is 9.52 Å². The Morgan fingerprint density at radius 1 is 1.53 bits per heavy atom. The number of carboxylic acids is 1. The largest absolute Gasteiger partial charge is 0.475 e. The number of hydrogen-bond donors (Lipinski definition) is 1. The van der Waals surface area contributed by atoms with Crippen molar-refractivity contribution in [3.8, 4) is 0 Å². The highest BCUT2D eigenvalue weighted by atomic mass is 32.2. The van der Waals surface area contributed by atoms with Crippen molar-refractivity contribution in [1.82, 2.24) is 4.90 Å². The highest BCUT2D eigenvalue weighted by Crippen LogP contribution is 2.20. The first-order valence-corrected chi connectivity index (χ1v) is 7.81. The third kappa shape index (κ3) is 3.67. The minimum Gasteiger partial charge on any atom is -0.475 e. The van der Waals surface area contributed by atoms with E-state index in [9.17, 15) is 9.00 Å². The van der Waals surface area contributed by atoms with Gasteiger partial charge in [-0.1, -0.05) is 6.42 Å². The van der Waals surface area contributed by atoms with Crippen molar-refractivity contribution in [2.45, 2.75) is 36.8 Å². The molecular formula is C13H19NO4S. The summed E-state index contributed by atoms with van der Waals surface area (Å²) in [4.78, 5) is 13.0. The lowest BCUT2D eigenvalue weighted by molar-refractivity contribution is 0.0656. The van der Waals surface area contributed by atoms with E-state index in [1.807, 2.05) is 0 Å². The minimum atomic E-state index is -1.25. The molecule has 0 radical (unpaired) electrons. The molecule has 1 aromatic heterocycles. The van der Waals surface area contributed by atoms with E-state index in [0.29, 0.717) is 11.8 Å². The quantitative estimate of drug-likeness (QED) is 0.895. The SMILES string of the molecule is CN1CCCCC1CCS(=O)c1ccc(C(=O)O)o1. The lowest BCUT2D eigenvalue weighted by Gasteiger charge is -2.32. The van der Waals surface area contributed by atoms with Gasteiger partial charge in [0.05, 0.1) is 10.8 Å². The third-order valence-corrected chi connectivity index (χ3v) is 4.85. The number of carbonyl (C=O) groups is 1. The summed E-state index contributed by atoms with van der Waals surface area (Å²) >= 11 is 0. The van der Waals surface area contributed by atoms with Crippen LogP contribution in [-0.2, 0) is 10.8 Å². The molecule has 0 spiro atoms. The number of hydrogen-bond acceptors (Lipinski definition) is 4. The van der Waals surface area contributed by atoms with Crippen LogP contribution in [0.5, 0.6) is 0 Å². The molecule has 0 amide bonds. The summed E-state index contributed by atoms with van der Waals surface area (Å²) in [6.45, 7) is 1.10. The zero-order valence-corrected chi connectivity index (χ0v) is 11.8. The van der Waals surface area contributed by atoms with E-state index >= 15 is 0 Å². The van der Waals surface area contributed by atoms with Crippen LogP contribution >= 0.6 is 0 Å². The average molecular weight is 285 g/mol. The van der Waals surface area contributed by atoms with Crippen LogP contribution in [0.3, 0.4) is 0 Å². The van der Waals surface area contributed by atoms with Crippen LogP contribution in [0.15, 0.2) is 21.6 Å². The molecule has 0 aliphatic carbocycles. The van der Waals surface area contributed by atoms with Gasteiger partial charge in [0.1, 0.15) is 0 Å². The first kappa shape index (κ1) is 14.3. The summed E-state index contributed by atoms with van der Waals surface area (Å²) < 4.78 is 17.1. The molecule has 1 saturated heterocycles. The predicted octanol–water partition coefficient (Wildman–Crippen LogP) is 1.96. The fraction of sp³-hybridized carbons (Fsp3) is 0.615. The summed E-state index contributed by atoms with van der Waals surface area (Å²) in [7, 11) is 0.847. The van der Waals surface area contributed by atoms with Crippen LogP contribution in [0, 0.1) is 0 Å². The van der Waals surface area contributed by atoms with Gasteiger partial charge in [-0.2, -0.15) is 0 Å². The maximum atomic E-state index is 12.0. The van der Waals surface area contributed by atoms with E-state index in [0.717, 1.165) is 19.4 Å². The summed E-state index contributed by atoms with van der Waals surface area (Å²) in [5.41, 5.74) is 0. The van der Waals surface area contributed by atoms with Crippen LogP contribution in [0.25, 0.3) is 0 Å². The number of likely N-dealkylation sites (tertiary alicyclic amines) is 1. The zero-order chi connectivity index (χ0) is 13.8. The molecule has 1 aliphatic heterocycles. The number of rotatable bonds is 5. The van der Waals surface area contributed by atoms with Gasteiger partial charge in [0.25, 0.3) is 0 Å². The van der Waals surface area contributed by atoms with Crippen LogP contribution < -0.4 is 0 Å². The normalized spacial score (nSPS) is 22.3. The highest BCUT2D eigenvalue weighted by Gasteiger charge is 2.20. The van der Waals surface area contributed by atoms with Crippen molar-refractivity contribution >= 4 is 16.8 Å². The standard InChI is InChI=1S/C13H19NO4S/c1-14-8-3-2-4-10(14)7-9-19(17)12-6-5-11(18-12)13(15)16/h5-6,10H,2-4,7-9H2,1H3,(H,15,16). The van der Waals surface area contributed by atoms with Gasteiger partial charge in [0, 0.05) is 11.8 Å². The molecule has 1 fully saturated rings. The Labute approximate surface area is 115 Å². The number of piperidine rings is 1. The zero-order valence-electron chi connectivity index (χ0n) is 11.0. The van der Waals surface area contributed by atoms with Gasteiger partial charge < -0.3 is 14.4 Å². The number of aromatic carboxylic acids is 1. The third-order valence-electron chi connectivity index (χ3n) is 3.57. The van der Waals surface area contributed by atoms with Crippen LogP contribution in [0.4, 0.5) is 0 Å². The van der Waals surface area contributed by atoms with Gasteiger partial charge in [0.2, 0.25) is 5.76 Å². The molecule has 2 heterocycles. The predicted molar refractivity (Wildman–Crippen MR) is 71.8 cm³/mol. The topological polar surface area (TPSA) is 70.8 Å². The number of furan rings is 1. The van der Waals surface area contributed by atoms with E-state index in [2.05, 4.69) is 11.9 Å². The molecular weight excluding hydrogens is 266 g/mol. The van der Waals surface area contributed by atoms with Crippen molar-refractivity contribution in [3.63, 3.8) is 0 Å². The fourth-order valence-electron chi connectivity index (χ4n) is 2.41. The Balaban J connectivity index is 1.88. The lowest BCUT2D eigenvalue weighted by atomic mass is 10.0. The highest BCUT2D eigenvalue weighted by molar-refractivity contribution is 7.84. The van der Waals surface area contributed by atoms with E-state index < -0.39 is 16.8 Å². The molecule has 1 N–H and O–H groups in total. The first-order chi connectivity index (χ1) is 9.08. The van der Waals surface area contributed by atoms with Crippen molar-refractivity contribution in [2.75, 3.05) is 19.3 Å². The van der Waals surface area contributed by atoms with Gasteiger partial charge in [-0.25, -0.2) is 4.79 Å². The van der Waals surface area contributed by atoms with Gasteiger partial charge in [0.15, 0.2) is 5.09 Å². The molecule has 0 saturated carbocycles. The molecule has 5 nitrogen and oxygen atoms in total. The second kappa shape index (κ2) is 6.34. The molecule has 1 aliphatic rings. The second-order valence-corrected chi connectivity index (χ2v) is 6.39. The smallest absolute Gasteiger partial charge is 0.371 e. The molecule has 2 rings (SSSR count). The van der Waals surface area contributed by atoms with Crippen molar-refractivity contribution < 1.29 is 18.5 Å². The van der Waals surface area contributed by atoms with Gasteiger partial charge >= 0.3 is 5.97 Å². The van der Waals surface area contributed by atoms with E-state index in [1.165, 1.54) is 25.0 Å². The molecule has 2 atom stereocenters. The Kier molecular flexibility index (Phi) is 4.76. The average Bonchev–Trinajstić information content (AvgIpc) is 2.87.